The van der Waals surface area contributed by atoms with E-state index in [-0.39, 0.29) is 0 Å². The van der Waals surface area contributed by atoms with Crippen LogP contribution in [-0.4, -0.2) is 15.7 Å². The second kappa shape index (κ2) is 28.2. The summed E-state index contributed by atoms with van der Waals surface area (Å²) < 4.78 is 0. The van der Waals surface area contributed by atoms with Crippen LogP contribution in [0.15, 0.2) is 267 Å². The van der Waals surface area contributed by atoms with Gasteiger partial charge in [-0.3, -0.25) is 0 Å². The van der Waals surface area contributed by atoms with E-state index in [4.69, 9.17) is 0 Å². The van der Waals surface area contributed by atoms with Crippen LogP contribution in [0.4, 0.5) is 85.3 Å². The molecule has 0 atom stereocenters. The Bertz CT molecular complexity index is 3760. The van der Waals surface area contributed by atoms with E-state index in [0.29, 0.717) is 0 Å². The van der Waals surface area contributed by atoms with Gasteiger partial charge in [0.05, 0.1) is 0 Å². The highest BCUT2D eigenvalue weighted by atomic mass is 15.2. The highest BCUT2D eigenvalue weighted by molar-refractivity contribution is 6.32. The molecule has 0 bridgehead atoms. The molecule has 432 valence electrons. The van der Waals surface area contributed by atoms with Gasteiger partial charge in [-0.05, 0) is 251 Å². The zero-order valence-corrected chi connectivity index (χ0v) is 52.0. The first-order valence-corrected chi connectivity index (χ1v) is 31.6. The third kappa shape index (κ3) is 14.3. The summed E-state index contributed by atoms with van der Waals surface area (Å²) in [7, 11) is 4.30. The zero-order chi connectivity index (χ0) is 60.1. The van der Waals surface area contributed by atoms with E-state index in [1.165, 1.54) is 77.3 Å². The molecule has 87 heavy (non-hydrogen) atoms. The fourth-order valence-electron chi connectivity index (χ4n) is 11.6. The molecule has 0 saturated carbocycles. The topological polar surface area (TPSA) is 16.2 Å². The van der Waals surface area contributed by atoms with E-state index >= 15 is 0 Å². The molecule has 11 aromatic rings. The number of unbranched alkanes of at least 4 members (excludes halogenated alkanes) is 3. The van der Waals surface area contributed by atoms with Gasteiger partial charge < -0.3 is 24.5 Å². The van der Waals surface area contributed by atoms with Crippen LogP contribution in [0.5, 0.6) is 0 Å². The van der Waals surface area contributed by atoms with Crippen molar-refractivity contribution in [2.75, 3.05) is 24.5 Å². The molecule has 0 aliphatic heterocycles. The molecule has 0 fully saturated rings. The molecular weight excluding hydrogens is 1050 g/mol. The minimum absolute atomic E-state index is 1.05. The van der Waals surface area contributed by atoms with Gasteiger partial charge in [0.25, 0.3) is 0 Å². The van der Waals surface area contributed by atoms with Crippen molar-refractivity contribution in [1.29, 1.82) is 0 Å². The molecule has 0 saturated heterocycles. The van der Waals surface area contributed by atoms with Gasteiger partial charge in [-0.25, -0.2) is 0 Å². The van der Waals surface area contributed by atoms with Crippen LogP contribution in [0.25, 0.3) is 0 Å². The number of anilines is 15. The van der Waals surface area contributed by atoms with Crippen molar-refractivity contribution in [3.63, 3.8) is 0 Å². The molecule has 0 aromatic heterocycles. The van der Waals surface area contributed by atoms with E-state index in [1.807, 2.05) is 0 Å². The van der Waals surface area contributed by atoms with E-state index in [1.54, 1.807) is 0 Å². The van der Waals surface area contributed by atoms with E-state index in [9.17, 15) is 0 Å². The summed E-state index contributed by atoms with van der Waals surface area (Å²) in [5.74, 6) is 0. The van der Waals surface area contributed by atoms with Crippen molar-refractivity contribution in [2.24, 2.45) is 0 Å². The minimum Gasteiger partial charge on any atom is -0.311 e. The Kier molecular flexibility index (Phi) is 19.2. The first-order chi connectivity index (χ1) is 42.6. The van der Waals surface area contributed by atoms with Gasteiger partial charge in [0, 0.05) is 85.3 Å². The highest BCUT2D eigenvalue weighted by Crippen LogP contribution is 2.44. The average Bonchev–Trinajstić information content (AvgIpc) is 1.89. The summed E-state index contributed by atoms with van der Waals surface area (Å²) >= 11 is 0. The van der Waals surface area contributed by atoms with Crippen LogP contribution in [0, 0.1) is 13.8 Å². The summed E-state index contributed by atoms with van der Waals surface area (Å²) in [4.78, 5) is 11.9. The fourth-order valence-corrected chi connectivity index (χ4v) is 11.6. The number of hydrogen-bond donors (Lipinski definition) is 0. The minimum atomic E-state index is 1.05. The Morgan fingerprint density at radius 2 is 0.345 bits per heavy atom. The molecule has 0 amide bonds. The smallest absolute Gasteiger partial charge is 0.139 e. The molecule has 0 N–H and O–H groups in total. The van der Waals surface area contributed by atoms with Crippen molar-refractivity contribution >= 4 is 112 Å². The largest absolute Gasteiger partial charge is 0.311 e. The predicted octanol–water partition coefficient (Wildman–Crippen LogP) is 20.2. The molecule has 7 heteroatoms. The quantitative estimate of drug-likeness (QED) is 0.0559. The van der Waals surface area contributed by atoms with Crippen molar-refractivity contribution in [3.8, 4) is 0 Å². The van der Waals surface area contributed by atoms with Crippen LogP contribution in [0.2, 0.25) is 0 Å². The summed E-state index contributed by atoms with van der Waals surface area (Å²) in [6, 6.07) is 99.1. The number of rotatable bonds is 24. The highest BCUT2D eigenvalue weighted by Gasteiger charge is 2.21. The second-order valence-electron chi connectivity index (χ2n) is 23.4. The Morgan fingerprint density at radius 3 is 0.506 bits per heavy atom. The van der Waals surface area contributed by atoms with Gasteiger partial charge in [0.2, 0.25) is 0 Å². The molecular formula is C80H81B2N5. The van der Waals surface area contributed by atoms with Gasteiger partial charge in [0.1, 0.15) is 15.7 Å². The van der Waals surface area contributed by atoms with Crippen molar-refractivity contribution in [3.05, 3.63) is 295 Å². The van der Waals surface area contributed by atoms with Crippen LogP contribution >= 0.6 is 0 Å². The average molecular weight is 1130 g/mol. The third-order valence-electron chi connectivity index (χ3n) is 16.7. The Balaban J connectivity index is 0.980. The van der Waals surface area contributed by atoms with Gasteiger partial charge in [0.15, 0.2) is 0 Å². The van der Waals surface area contributed by atoms with E-state index in [2.05, 4.69) is 342 Å². The Hall–Kier alpha value is -9.45. The number of benzene rings is 11. The van der Waals surface area contributed by atoms with Crippen molar-refractivity contribution in [1.82, 2.24) is 0 Å². The van der Waals surface area contributed by atoms with Gasteiger partial charge in [-0.15, -0.1) is 0 Å². The maximum absolute atomic E-state index is 2.38. The monoisotopic (exact) mass is 1130 g/mol. The molecule has 0 radical (unpaired) electrons. The maximum Gasteiger partial charge on any atom is 0.139 e. The van der Waals surface area contributed by atoms with Gasteiger partial charge in [-0.2, -0.15) is 0 Å². The molecule has 5 nitrogen and oxygen atoms in total. The SMILES string of the molecule is Bc1ccc(N(c2ccc(CCCC)cc2)c2ccc(N(c3ccc(N(c4ccc(B)cc4)c4ccc(CCCC)cc4)cc3)c3ccc(N(c4ccc(C)cc4)c4ccc(N(c5ccc(C)cc5)c5ccc(CCCC)cc5)cc4)cc3)cc2)cc1. The normalized spacial score (nSPS) is 11.1. The lowest BCUT2D eigenvalue weighted by molar-refractivity contribution is 0.795. The van der Waals surface area contributed by atoms with Crippen LogP contribution in [0.1, 0.15) is 87.1 Å². The van der Waals surface area contributed by atoms with Crippen molar-refractivity contribution < 1.29 is 0 Å². The number of nitrogens with zero attached hydrogens (tertiary/aromatic N) is 5. The van der Waals surface area contributed by atoms with Gasteiger partial charge >= 0.3 is 0 Å². The first-order valence-electron chi connectivity index (χ1n) is 31.6. The summed E-state index contributed by atoms with van der Waals surface area (Å²) in [6.07, 6.45) is 10.4. The van der Waals surface area contributed by atoms with Crippen LogP contribution in [0.3, 0.4) is 0 Å². The molecule has 11 aromatic carbocycles. The lowest BCUT2D eigenvalue weighted by atomic mass is 9.96. The van der Waals surface area contributed by atoms with Crippen LogP contribution in [-0.2, 0) is 19.3 Å². The standard InChI is InChI=1S/C80H81B2N5/c1-6-9-12-61-19-33-68(34-20-61)83(66-29-15-59(4)16-30-66)73-43-45-74(46-44-73)84(67-31-17-60(5)18-32-67)75-47-53-78(54-48-75)87(79-55-49-76(50-56-79)85(71-39-25-64(81)26-40-71)69-35-21-62(22-36-69)13-10-7-2)80-57-51-77(52-58-80)86(72-41-27-65(82)28-42-72)70-37-23-63(24-38-70)14-11-8-3/h15-58H,6-14,81-82H2,1-5H3. The Labute approximate surface area is 520 Å². The molecule has 11 rings (SSSR count). The lowest BCUT2D eigenvalue weighted by Gasteiger charge is -2.31. The van der Waals surface area contributed by atoms with E-state index < -0.39 is 0 Å². The molecule has 0 aliphatic rings. The van der Waals surface area contributed by atoms with Crippen molar-refractivity contribution in [2.45, 2.75) is 92.4 Å². The maximum atomic E-state index is 2.38. The predicted molar refractivity (Wildman–Crippen MR) is 382 cm³/mol. The van der Waals surface area contributed by atoms with Gasteiger partial charge in [-0.1, -0.05) is 147 Å². The molecule has 0 unspecified atom stereocenters. The zero-order valence-electron chi connectivity index (χ0n) is 52.0. The lowest BCUT2D eigenvalue weighted by Crippen LogP contribution is -2.14. The Morgan fingerprint density at radius 1 is 0.207 bits per heavy atom. The number of aryl methyl sites for hydroxylation is 5. The summed E-state index contributed by atoms with van der Waals surface area (Å²) in [6.45, 7) is 11.1. The first kappa shape index (κ1) is 59.3. The summed E-state index contributed by atoms with van der Waals surface area (Å²) in [5, 5.41) is 0. The molecule has 0 heterocycles. The molecule has 0 spiro atoms. The van der Waals surface area contributed by atoms with Crippen LogP contribution < -0.4 is 35.4 Å². The third-order valence-corrected chi connectivity index (χ3v) is 16.7. The molecule has 0 aliphatic carbocycles. The van der Waals surface area contributed by atoms with E-state index in [0.717, 1.165) is 105 Å². The fraction of sp³-hybridized carbons (Fsp3) is 0.175. The number of hydrogen-bond acceptors (Lipinski definition) is 5. The second-order valence-corrected chi connectivity index (χ2v) is 23.4. The summed E-state index contributed by atoms with van der Waals surface area (Å²) in [5.41, 5.74) is 25.4.